The normalized spacial score (nSPS) is 15.0. The van der Waals surface area contributed by atoms with Crippen LogP contribution in [-0.2, 0) is 15.6 Å². The van der Waals surface area contributed by atoms with E-state index in [0.717, 1.165) is 32.1 Å². The number of hydrogen-bond acceptors (Lipinski definition) is 3. The van der Waals surface area contributed by atoms with Crippen LogP contribution in [0.25, 0.3) is 0 Å². The third kappa shape index (κ3) is 6.52. The van der Waals surface area contributed by atoms with Crippen molar-refractivity contribution in [1.29, 1.82) is 0 Å². The lowest BCUT2D eigenvalue weighted by molar-refractivity contribution is -0.132. The van der Waals surface area contributed by atoms with E-state index >= 15 is 0 Å². The van der Waals surface area contributed by atoms with Crippen LogP contribution in [-0.4, -0.2) is 34.7 Å². The molecule has 0 aromatic carbocycles. The van der Waals surface area contributed by atoms with Crippen molar-refractivity contribution in [1.82, 2.24) is 5.32 Å². The maximum absolute atomic E-state index is 12.5. The van der Waals surface area contributed by atoms with E-state index in [9.17, 15) is 9.00 Å². The predicted molar refractivity (Wildman–Crippen MR) is 82.5 cm³/mol. The van der Waals surface area contributed by atoms with E-state index in [-0.39, 0.29) is 11.9 Å². The summed E-state index contributed by atoms with van der Waals surface area (Å²) < 4.78 is 11.1. The molecule has 0 spiro atoms. The minimum atomic E-state index is -0.807. The van der Waals surface area contributed by atoms with Crippen molar-refractivity contribution in [2.24, 2.45) is 11.1 Å². The van der Waals surface area contributed by atoms with Crippen molar-refractivity contribution in [2.75, 3.05) is 18.6 Å². The maximum atomic E-state index is 12.5. The Labute approximate surface area is 120 Å². The van der Waals surface area contributed by atoms with Crippen LogP contribution in [0.1, 0.15) is 52.9 Å². The van der Waals surface area contributed by atoms with E-state index in [0.29, 0.717) is 12.3 Å². The van der Waals surface area contributed by atoms with Gasteiger partial charge in [0.25, 0.3) is 0 Å². The van der Waals surface area contributed by atoms with E-state index < -0.39 is 16.2 Å². The van der Waals surface area contributed by atoms with Crippen LogP contribution in [0, 0.1) is 5.41 Å². The van der Waals surface area contributed by atoms with Gasteiger partial charge in [-0.05, 0) is 26.2 Å². The molecule has 3 N–H and O–H groups in total. The van der Waals surface area contributed by atoms with E-state index in [2.05, 4.69) is 19.2 Å². The topological polar surface area (TPSA) is 72.2 Å². The minimum absolute atomic E-state index is 0.0519. The zero-order valence-electron chi connectivity index (χ0n) is 12.8. The van der Waals surface area contributed by atoms with Gasteiger partial charge in [-0.2, -0.15) is 0 Å². The molecule has 0 heterocycles. The quantitative estimate of drug-likeness (QED) is 0.644. The number of amides is 1. The summed E-state index contributed by atoms with van der Waals surface area (Å²) in [5.41, 5.74) is 5.44. The molecule has 0 bridgehead atoms. The fraction of sp³-hybridized carbons (Fsp3) is 0.929. The fourth-order valence-electron chi connectivity index (χ4n) is 2.40. The van der Waals surface area contributed by atoms with Crippen LogP contribution in [0.15, 0.2) is 0 Å². The Morgan fingerprint density at radius 2 is 1.84 bits per heavy atom. The number of carbonyl (C=O) groups excluding carboxylic acids is 1. The Morgan fingerprint density at radius 3 is 2.21 bits per heavy atom. The Bertz CT molecular complexity index is 289. The average molecular weight is 290 g/mol. The van der Waals surface area contributed by atoms with Crippen LogP contribution in [0.2, 0.25) is 0 Å². The highest BCUT2D eigenvalue weighted by Crippen LogP contribution is 2.29. The van der Waals surface area contributed by atoms with Crippen LogP contribution in [0.3, 0.4) is 0 Å². The van der Waals surface area contributed by atoms with Gasteiger partial charge >= 0.3 is 0 Å². The number of hydrogen-bond donors (Lipinski definition) is 2. The highest BCUT2D eigenvalue weighted by Gasteiger charge is 2.35. The molecule has 19 heavy (non-hydrogen) atoms. The van der Waals surface area contributed by atoms with Gasteiger partial charge in [0.15, 0.2) is 0 Å². The first-order valence-corrected chi connectivity index (χ1v) is 8.95. The standard InChI is InChI=1S/C14H30N2O2S/c1-5-8-14(11-15,9-6-2)13(17)16-12(3)7-10-19(4)18/h12H,5-11,15H2,1-4H3,(H,16,17). The lowest BCUT2D eigenvalue weighted by Crippen LogP contribution is -2.48. The lowest BCUT2D eigenvalue weighted by atomic mass is 9.78. The first kappa shape index (κ1) is 18.6. The molecule has 0 rings (SSSR count). The predicted octanol–water partition coefficient (Wildman–Crippen LogP) is 1.80. The second kappa shape index (κ2) is 9.48. The molecule has 0 saturated carbocycles. The van der Waals surface area contributed by atoms with Crippen molar-refractivity contribution in [3.63, 3.8) is 0 Å². The van der Waals surface area contributed by atoms with Crippen molar-refractivity contribution >= 4 is 16.7 Å². The Morgan fingerprint density at radius 1 is 1.32 bits per heavy atom. The number of rotatable bonds is 10. The summed E-state index contributed by atoms with van der Waals surface area (Å²) >= 11 is 0. The van der Waals surface area contributed by atoms with E-state index in [1.165, 1.54) is 0 Å². The maximum Gasteiger partial charge on any atom is 0.227 e. The highest BCUT2D eigenvalue weighted by molar-refractivity contribution is 7.84. The zero-order valence-corrected chi connectivity index (χ0v) is 13.6. The average Bonchev–Trinajstić information content (AvgIpc) is 2.35. The highest BCUT2D eigenvalue weighted by atomic mass is 32.2. The number of nitrogens with two attached hydrogens (primary N) is 1. The van der Waals surface area contributed by atoms with Gasteiger partial charge in [-0.15, -0.1) is 0 Å². The molecule has 0 aromatic rings. The molecule has 0 aliphatic carbocycles. The van der Waals surface area contributed by atoms with Gasteiger partial charge in [0.1, 0.15) is 0 Å². The van der Waals surface area contributed by atoms with Crippen LogP contribution in [0.4, 0.5) is 0 Å². The zero-order chi connectivity index (χ0) is 14.9. The van der Waals surface area contributed by atoms with Crippen molar-refractivity contribution in [3.05, 3.63) is 0 Å². The molecule has 2 unspecified atom stereocenters. The van der Waals surface area contributed by atoms with Crippen LogP contribution < -0.4 is 11.1 Å². The molecule has 1 amide bonds. The summed E-state index contributed by atoms with van der Waals surface area (Å²) in [5.74, 6) is 0.687. The van der Waals surface area contributed by atoms with Gasteiger partial charge in [-0.3, -0.25) is 9.00 Å². The Hall–Kier alpha value is -0.420. The summed E-state index contributed by atoms with van der Waals surface area (Å²) in [6, 6.07) is 0.0519. The molecule has 114 valence electrons. The summed E-state index contributed by atoms with van der Waals surface area (Å²) in [4.78, 5) is 12.5. The fourth-order valence-corrected chi connectivity index (χ4v) is 3.08. The van der Waals surface area contributed by atoms with Gasteiger partial charge in [-0.1, -0.05) is 26.7 Å². The first-order chi connectivity index (χ1) is 8.91. The van der Waals surface area contributed by atoms with Crippen LogP contribution in [0.5, 0.6) is 0 Å². The molecule has 0 aliphatic heterocycles. The molecule has 4 nitrogen and oxygen atoms in total. The smallest absolute Gasteiger partial charge is 0.227 e. The monoisotopic (exact) mass is 290 g/mol. The SMILES string of the molecule is CCCC(CN)(CCC)C(=O)NC(C)CCS(C)=O. The van der Waals surface area contributed by atoms with Gasteiger partial charge in [0.05, 0.1) is 5.41 Å². The largest absolute Gasteiger partial charge is 0.353 e. The number of nitrogens with one attached hydrogen (secondary N) is 1. The molecule has 0 aliphatic rings. The number of carbonyl (C=O) groups is 1. The lowest BCUT2D eigenvalue weighted by Gasteiger charge is -2.32. The van der Waals surface area contributed by atoms with Crippen LogP contribution >= 0.6 is 0 Å². The second-order valence-electron chi connectivity index (χ2n) is 5.42. The summed E-state index contributed by atoms with van der Waals surface area (Å²) in [6.07, 6.45) is 6.00. The summed E-state index contributed by atoms with van der Waals surface area (Å²) in [5, 5.41) is 3.04. The van der Waals surface area contributed by atoms with Gasteiger partial charge in [-0.25, -0.2) is 0 Å². The van der Waals surface area contributed by atoms with Crippen molar-refractivity contribution < 1.29 is 9.00 Å². The minimum Gasteiger partial charge on any atom is -0.353 e. The first-order valence-electron chi connectivity index (χ1n) is 7.23. The third-order valence-corrected chi connectivity index (χ3v) is 4.36. The molecule has 0 saturated heterocycles. The second-order valence-corrected chi connectivity index (χ2v) is 6.98. The van der Waals surface area contributed by atoms with E-state index in [1.807, 2.05) is 6.92 Å². The van der Waals surface area contributed by atoms with E-state index in [1.54, 1.807) is 6.26 Å². The molecular formula is C14H30N2O2S. The van der Waals surface area contributed by atoms with E-state index in [4.69, 9.17) is 5.73 Å². The van der Waals surface area contributed by atoms with Gasteiger partial charge in [0.2, 0.25) is 5.91 Å². The molecule has 0 radical (unpaired) electrons. The molecule has 5 heteroatoms. The van der Waals surface area contributed by atoms with Crippen molar-refractivity contribution in [2.45, 2.75) is 58.9 Å². The molecule has 0 aromatic heterocycles. The third-order valence-electron chi connectivity index (χ3n) is 3.55. The summed E-state index contributed by atoms with van der Waals surface area (Å²) in [7, 11) is -0.807. The van der Waals surface area contributed by atoms with Gasteiger partial charge < -0.3 is 11.1 Å². The van der Waals surface area contributed by atoms with Crippen molar-refractivity contribution in [3.8, 4) is 0 Å². The summed E-state index contributed by atoms with van der Waals surface area (Å²) in [6.45, 7) is 6.52. The molecular weight excluding hydrogens is 260 g/mol. The van der Waals surface area contributed by atoms with Gasteiger partial charge in [0, 0.05) is 35.4 Å². The molecule has 0 fully saturated rings. The molecule has 2 atom stereocenters. The Balaban J connectivity index is 4.58. The Kier molecular flexibility index (Phi) is 9.27.